The minimum absolute atomic E-state index is 0.0431. The van der Waals surface area contributed by atoms with Crippen molar-refractivity contribution in [2.45, 2.75) is 38.8 Å². The fourth-order valence-corrected chi connectivity index (χ4v) is 5.12. The van der Waals surface area contributed by atoms with Gasteiger partial charge in [-0.15, -0.1) is 11.3 Å². The van der Waals surface area contributed by atoms with Crippen molar-refractivity contribution in [3.8, 4) is 22.1 Å². The number of amides is 1. The highest BCUT2D eigenvalue weighted by molar-refractivity contribution is 7.15. The van der Waals surface area contributed by atoms with Gasteiger partial charge in [-0.3, -0.25) is 9.59 Å². The molecule has 0 saturated carbocycles. The second-order valence-corrected chi connectivity index (χ2v) is 9.41. The van der Waals surface area contributed by atoms with E-state index in [1.807, 2.05) is 42.2 Å². The number of likely N-dealkylation sites (tertiary alicyclic amines) is 1. The molecular formula is C24H25N3O4S. The van der Waals surface area contributed by atoms with Crippen LogP contribution in [0.1, 0.15) is 35.7 Å². The maximum absolute atomic E-state index is 13.2. The van der Waals surface area contributed by atoms with E-state index in [0.29, 0.717) is 25.5 Å². The van der Waals surface area contributed by atoms with Gasteiger partial charge < -0.3 is 14.4 Å². The Bertz CT molecular complexity index is 1200. The summed E-state index contributed by atoms with van der Waals surface area (Å²) in [5.74, 6) is 1.38. The molecule has 0 bridgehead atoms. The number of benzene rings is 1. The summed E-state index contributed by atoms with van der Waals surface area (Å²) in [7, 11) is 0. The number of nitrogens with zero attached hydrogens (tertiary/aromatic N) is 3. The molecule has 2 aromatic heterocycles. The van der Waals surface area contributed by atoms with Crippen molar-refractivity contribution >= 4 is 17.2 Å². The van der Waals surface area contributed by atoms with Gasteiger partial charge in [-0.1, -0.05) is 6.07 Å². The fraction of sp³-hybridized carbons (Fsp3) is 0.375. The fourth-order valence-electron chi connectivity index (χ4n) is 4.28. The van der Waals surface area contributed by atoms with Crippen molar-refractivity contribution in [3.63, 3.8) is 0 Å². The van der Waals surface area contributed by atoms with Gasteiger partial charge in [0, 0.05) is 23.9 Å². The summed E-state index contributed by atoms with van der Waals surface area (Å²) in [6.07, 6.45) is 2.65. The van der Waals surface area contributed by atoms with E-state index in [-0.39, 0.29) is 24.1 Å². The Labute approximate surface area is 190 Å². The molecular weight excluding hydrogens is 426 g/mol. The molecule has 32 heavy (non-hydrogen) atoms. The second-order valence-electron chi connectivity index (χ2n) is 8.13. The molecule has 1 saturated heterocycles. The molecule has 1 amide bonds. The molecule has 5 rings (SSSR count). The van der Waals surface area contributed by atoms with Crippen LogP contribution in [-0.4, -0.2) is 40.3 Å². The van der Waals surface area contributed by atoms with Crippen LogP contribution in [0.3, 0.4) is 0 Å². The Morgan fingerprint density at radius 2 is 1.94 bits per heavy atom. The van der Waals surface area contributed by atoms with Crippen LogP contribution in [-0.2, 0) is 11.3 Å². The number of rotatable bonds is 4. The Kier molecular flexibility index (Phi) is 5.70. The lowest BCUT2D eigenvalue weighted by Crippen LogP contribution is -2.37. The topological polar surface area (TPSA) is 73.7 Å². The lowest BCUT2D eigenvalue weighted by atomic mass is 10.0. The molecule has 4 heterocycles. The minimum Gasteiger partial charge on any atom is -0.490 e. The number of carbonyl (C=O) groups is 1. The molecule has 0 aliphatic carbocycles. The number of aryl methyl sites for hydroxylation is 1. The predicted molar refractivity (Wildman–Crippen MR) is 122 cm³/mol. The molecule has 1 unspecified atom stereocenters. The van der Waals surface area contributed by atoms with Crippen LogP contribution in [0.25, 0.3) is 10.6 Å². The maximum Gasteiger partial charge on any atom is 0.267 e. The molecule has 3 aromatic rings. The molecule has 8 heteroatoms. The van der Waals surface area contributed by atoms with Crippen LogP contribution in [0.15, 0.2) is 47.3 Å². The summed E-state index contributed by atoms with van der Waals surface area (Å²) < 4.78 is 12.8. The Morgan fingerprint density at radius 3 is 2.75 bits per heavy atom. The first kappa shape index (κ1) is 20.8. The van der Waals surface area contributed by atoms with Crippen LogP contribution >= 0.6 is 11.3 Å². The predicted octanol–water partition coefficient (Wildman–Crippen LogP) is 3.81. The van der Waals surface area contributed by atoms with Gasteiger partial charge in [-0.25, -0.2) is 4.68 Å². The lowest BCUT2D eigenvalue weighted by molar-refractivity contribution is -0.133. The molecule has 166 valence electrons. The van der Waals surface area contributed by atoms with Crippen LogP contribution in [0.2, 0.25) is 0 Å². The number of hydrogen-bond acceptors (Lipinski definition) is 6. The van der Waals surface area contributed by atoms with E-state index in [1.54, 1.807) is 17.4 Å². The van der Waals surface area contributed by atoms with Crippen molar-refractivity contribution in [1.29, 1.82) is 0 Å². The molecule has 7 nitrogen and oxygen atoms in total. The first-order valence-corrected chi connectivity index (χ1v) is 11.7. The van der Waals surface area contributed by atoms with Crippen molar-refractivity contribution < 1.29 is 14.3 Å². The maximum atomic E-state index is 13.2. The smallest absolute Gasteiger partial charge is 0.267 e. The number of ether oxygens (including phenoxy) is 2. The Hall–Kier alpha value is -3.13. The van der Waals surface area contributed by atoms with Crippen molar-refractivity contribution in [2.24, 2.45) is 0 Å². The van der Waals surface area contributed by atoms with E-state index in [9.17, 15) is 9.59 Å². The van der Waals surface area contributed by atoms with E-state index in [4.69, 9.17) is 9.47 Å². The van der Waals surface area contributed by atoms with Gasteiger partial charge in [-0.05, 0) is 55.7 Å². The average molecular weight is 452 g/mol. The molecule has 1 fully saturated rings. The minimum atomic E-state index is -0.276. The number of thiophene rings is 1. The summed E-state index contributed by atoms with van der Waals surface area (Å²) in [5, 5.41) is 4.46. The number of carbonyl (C=O) groups excluding carboxylic acids is 1. The summed E-state index contributed by atoms with van der Waals surface area (Å²) in [4.78, 5) is 29.6. The molecule has 0 N–H and O–H groups in total. The second kappa shape index (κ2) is 8.78. The van der Waals surface area contributed by atoms with Gasteiger partial charge >= 0.3 is 0 Å². The van der Waals surface area contributed by atoms with Gasteiger partial charge in [0.25, 0.3) is 5.56 Å². The zero-order chi connectivity index (χ0) is 22.1. The van der Waals surface area contributed by atoms with E-state index >= 15 is 0 Å². The SMILES string of the molecule is Cc1ccc(-c2ccc(=O)n(CC(=O)N3CCCC3c3ccc4c(c3)OCCCO4)n2)s1. The highest BCUT2D eigenvalue weighted by Crippen LogP contribution is 2.38. The van der Waals surface area contributed by atoms with Crippen molar-refractivity contribution in [1.82, 2.24) is 14.7 Å². The van der Waals surface area contributed by atoms with Crippen LogP contribution < -0.4 is 15.0 Å². The van der Waals surface area contributed by atoms with Crippen molar-refractivity contribution in [2.75, 3.05) is 19.8 Å². The van der Waals surface area contributed by atoms with E-state index in [0.717, 1.165) is 41.2 Å². The Morgan fingerprint density at radius 1 is 1.09 bits per heavy atom. The van der Waals surface area contributed by atoms with E-state index in [2.05, 4.69) is 5.10 Å². The quantitative estimate of drug-likeness (QED) is 0.603. The summed E-state index contributed by atoms with van der Waals surface area (Å²) in [6.45, 7) is 3.89. The number of fused-ring (bicyclic) bond motifs is 1. The molecule has 1 aromatic carbocycles. The monoisotopic (exact) mass is 451 g/mol. The zero-order valence-corrected chi connectivity index (χ0v) is 18.8. The van der Waals surface area contributed by atoms with E-state index in [1.165, 1.54) is 15.6 Å². The van der Waals surface area contributed by atoms with Gasteiger partial charge in [0.2, 0.25) is 5.91 Å². The largest absolute Gasteiger partial charge is 0.490 e. The first-order chi connectivity index (χ1) is 15.6. The average Bonchev–Trinajstić information content (AvgIpc) is 3.39. The van der Waals surface area contributed by atoms with Crippen molar-refractivity contribution in [3.05, 3.63) is 63.3 Å². The summed E-state index contributed by atoms with van der Waals surface area (Å²) in [5.41, 5.74) is 1.46. The highest BCUT2D eigenvalue weighted by atomic mass is 32.1. The molecule has 2 aliphatic heterocycles. The van der Waals surface area contributed by atoms with Crippen LogP contribution in [0.5, 0.6) is 11.5 Å². The first-order valence-electron chi connectivity index (χ1n) is 10.9. The molecule has 1 atom stereocenters. The van der Waals surface area contributed by atoms with Crippen LogP contribution in [0.4, 0.5) is 0 Å². The molecule has 2 aliphatic rings. The Balaban J connectivity index is 1.37. The number of aromatic nitrogens is 2. The molecule has 0 radical (unpaired) electrons. The van der Waals surface area contributed by atoms with Gasteiger partial charge in [0.1, 0.15) is 12.2 Å². The van der Waals surface area contributed by atoms with Gasteiger partial charge in [0.05, 0.1) is 24.1 Å². The third-order valence-corrected chi connectivity index (χ3v) is 6.90. The van der Waals surface area contributed by atoms with E-state index < -0.39 is 0 Å². The van der Waals surface area contributed by atoms with Crippen LogP contribution in [0, 0.1) is 6.92 Å². The highest BCUT2D eigenvalue weighted by Gasteiger charge is 2.31. The summed E-state index contributed by atoms with van der Waals surface area (Å²) in [6, 6.07) is 13.1. The summed E-state index contributed by atoms with van der Waals surface area (Å²) >= 11 is 1.61. The lowest BCUT2D eigenvalue weighted by Gasteiger charge is -2.26. The standard InChI is InChI=1S/C24H25N3O4S/c1-16-5-9-22(32-16)18-7-10-23(28)27(25-18)15-24(29)26-11-2-4-19(26)17-6-8-20-21(14-17)31-13-3-12-30-20/h5-10,14,19H,2-4,11-13,15H2,1H3. The zero-order valence-electron chi connectivity index (χ0n) is 18.0. The van der Waals surface area contributed by atoms with Gasteiger partial charge in [0.15, 0.2) is 11.5 Å². The third-order valence-electron chi connectivity index (χ3n) is 5.87. The third kappa shape index (κ3) is 4.14. The van der Waals surface area contributed by atoms with Gasteiger partial charge in [-0.2, -0.15) is 5.10 Å². The number of hydrogen-bond donors (Lipinski definition) is 0. The molecule has 0 spiro atoms. The normalized spacial score (nSPS) is 17.9.